The maximum atomic E-state index is 13.2. The normalized spacial score (nSPS) is 19.1. The summed E-state index contributed by atoms with van der Waals surface area (Å²) in [6.45, 7) is 8.28. The molecular formula is C25H31NO4. The number of benzene rings is 2. The molecule has 0 saturated carbocycles. The number of Topliss-reactive ketones (excluding diaryl/α,β-unsaturated/α-hetero) is 1. The number of carbonyl (C=O) groups is 2. The van der Waals surface area contributed by atoms with E-state index in [1.807, 2.05) is 47.5 Å². The molecule has 0 aromatic heterocycles. The zero-order valence-electron chi connectivity index (χ0n) is 18.5. The van der Waals surface area contributed by atoms with Crippen LogP contribution in [0.5, 0.6) is 0 Å². The van der Waals surface area contributed by atoms with Gasteiger partial charge in [-0.2, -0.15) is 5.06 Å². The van der Waals surface area contributed by atoms with Gasteiger partial charge in [-0.15, -0.1) is 0 Å². The molecule has 1 aliphatic rings. The molecule has 0 amide bonds. The number of ketones is 1. The summed E-state index contributed by atoms with van der Waals surface area (Å²) >= 11 is 0. The lowest BCUT2D eigenvalue weighted by Crippen LogP contribution is -2.60. The van der Waals surface area contributed by atoms with Gasteiger partial charge in [0.2, 0.25) is 11.9 Å². The quantitative estimate of drug-likeness (QED) is 0.379. The van der Waals surface area contributed by atoms with Gasteiger partial charge >= 0.3 is 5.97 Å². The Balaban J connectivity index is 1.86. The molecule has 2 aromatic rings. The van der Waals surface area contributed by atoms with Crippen molar-refractivity contribution in [3.63, 3.8) is 0 Å². The first kappa shape index (κ1) is 22.2. The molecule has 160 valence electrons. The maximum absolute atomic E-state index is 13.2. The third-order valence-corrected chi connectivity index (χ3v) is 5.82. The number of hydrogen-bond acceptors (Lipinski definition) is 5. The van der Waals surface area contributed by atoms with Crippen LogP contribution in [0.2, 0.25) is 0 Å². The van der Waals surface area contributed by atoms with Crippen molar-refractivity contribution in [3.05, 3.63) is 60.2 Å². The van der Waals surface area contributed by atoms with Crippen molar-refractivity contribution in [2.75, 3.05) is 7.11 Å². The summed E-state index contributed by atoms with van der Waals surface area (Å²) in [4.78, 5) is 31.9. The summed E-state index contributed by atoms with van der Waals surface area (Å²) in [7, 11) is 1.27. The minimum atomic E-state index is -1.34. The van der Waals surface area contributed by atoms with E-state index in [4.69, 9.17) is 9.57 Å². The molecule has 5 nitrogen and oxygen atoms in total. The van der Waals surface area contributed by atoms with E-state index in [1.165, 1.54) is 7.11 Å². The molecule has 30 heavy (non-hydrogen) atoms. The number of hydrogen-bond donors (Lipinski definition) is 0. The summed E-state index contributed by atoms with van der Waals surface area (Å²) in [5.74, 6) is -1.09. The van der Waals surface area contributed by atoms with Gasteiger partial charge in [0, 0.05) is 16.6 Å². The summed E-state index contributed by atoms with van der Waals surface area (Å²) < 4.78 is 4.91. The molecule has 1 atom stereocenters. The van der Waals surface area contributed by atoms with E-state index in [2.05, 4.69) is 27.7 Å². The van der Waals surface area contributed by atoms with Crippen LogP contribution >= 0.6 is 0 Å². The van der Waals surface area contributed by atoms with E-state index in [0.717, 1.165) is 30.4 Å². The van der Waals surface area contributed by atoms with Crippen molar-refractivity contribution in [2.45, 2.75) is 64.1 Å². The lowest BCUT2D eigenvalue weighted by molar-refractivity contribution is -0.292. The van der Waals surface area contributed by atoms with Gasteiger partial charge in [0.25, 0.3) is 0 Å². The van der Waals surface area contributed by atoms with Gasteiger partial charge in [-0.1, -0.05) is 54.6 Å². The second-order valence-electron chi connectivity index (χ2n) is 9.09. The molecule has 0 radical (unpaired) electrons. The highest BCUT2D eigenvalue weighted by atomic mass is 16.7. The molecule has 3 rings (SSSR count). The Kier molecular flexibility index (Phi) is 6.44. The fourth-order valence-electron chi connectivity index (χ4n) is 4.28. The molecule has 5 heteroatoms. The molecule has 0 N–H and O–H groups in total. The Hall–Kier alpha value is -2.50. The summed E-state index contributed by atoms with van der Waals surface area (Å²) in [6, 6.07) is 17.2. The number of carbonyl (C=O) groups excluding carboxylic acids is 2. The Labute approximate surface area is 178 Å². The largest absolute Gasteiger partial charge is 0.467 e. The average Bonchev–Trinajstić information content (AvgIpc) is 2.72. The van der Waals surface area contributed by atoms with Crippen LogP contribution in [-0.4, -0.2) is 41.1 Å². The van der Waals surface area contributed by atoms with Crippen LogP contribution in [0.25, 0.3) is 11.1 Å². The molecule has 1 aliphatic heterocycles. The third kappa shape index (κ3) is 4.63. The Morgan fingerprint density at radius 3 is 1.93 bits per heavy atom. The lowest BCUT2D eigenvalue weighted by atomic mass is 9.82. The molecule has 0 bridgehead atoms. The van der Waals surface area contributed by atoms with Crippen LogP contribution < -0.4 is 0 Å². The molecule has 0 aliphatic carbocycles. The van der Waals surface area contributed by atoms with Crippen molar-refractivity contribution in [1.82, 2.24) is 5.06 Å². The summed E-state index contributed by atoms with van der Waals surface area (Å²) in [6.07, 6.45) is 1.57. The monoisotopic (exact) mass is 409 g/mol. The number of piperidine rings is 1. The van der Waals surface area contributed by atoms with Gasteiger partial charge in [-0.25, -0.2) is 4.79 Å². The predicted octanol–water partition coefficient (Wildman–Crippen LogP) is 5.05. The first-order valence-corrected chi connectivity index (χ1v) is 10.4. The second-order valence-corrected chi connectivity index (χ2v) is 9.09. The van der Waals surface area contributed by atoms with Crippen LogP contribution in [0.15, 0.2) is 54.6 Å². The van der Waals surface area contributed by atoms with Crippen molar-refractivity contribution in [2.24, 2.45) is 0 Å². The van der Waals surface area contributed by atoms with E-state index >= 15 is 0 Å². The van der Waals surface area contributed by atoms with Crippen LogP contribution in [0, 0.1) is 0 Å². The number of methoxy groups -OCH3 is 1. The van der Waals surface area contributed by atoms with Crippen LogP contribution in [-0.2, 0) is 14.4 Å². The average molecular weight is 410 g/mol. The van der Waals surface area contributed by atoms with E-state index < -0.39 is 17.9 Å². The van der Waals surface area contributed by atoms with Crippen molar-refractivity contribution in [3.8, 4) is 11.1 Å². The maximum Gasteiger partial charge on any atom is 0.345 e. The molecule has 2 aromatic carbocycles. The SMILES string of the molecule is COC(=O)C(ON1C(C)(C)CCCC1(C)C)C(=O)c1ccc(-c2ccccc2)cc1. The minimum Gasteiger partial charge on any atom is -0.467 e. The van der Waals surface area contributed by atoms with Gasteiger partial charge in [0.15, 0.2) is 0 Å². The van der Waals surface area contributed by atoms with Crippen LogP contribution in [0.1, 0.15) is 57.3 Å². The smallest absolute Gasteiger partial charge is 0.345 e. The predicted molar refractivity (Wildman–Crippen MR) is 117 cm³/mol. The standard InChI is InChI=1S/C25H31NO4/c1-24(2)16-9-17-25(3,4)26(24)30-22(23(28)29-5)21(27)20-14-12-19(13-15-20)18-10-7-6-8-11-18/h6-8,10-15,22H,9,16-17H2,1-5H3. The lowest BCUT2D eigenvalue weighted by Gasteiger charge is -2.51. The van der Waals surface area contributed by atoms with Crippen molar-refractivity contribution >= 4 is 11.8 Å². The number of nitrogens with zero attached hydrogens (tertiary/aromatic N) is 1. The molecule has 1 heterocycles. The molecule has 1 fully saturated rings. The molecular weight excluding hydrogens is 378 g/mol. The van der Waals surface area contributed by atoms with Gasteiger partial charge in [0.05, 0.1) is 7.11 Å². The van der Waals surface area contributed by atoms with Gasteiger partial charge in [-0.3, -0.25) is 9.63 Å². The molecule has 1 unspecified atom stereocenters. The minimum absolute atomic E-state index is 0.300. The summed E-state index contributed by atoms with van der Waals surface area (Å²) in [5, 5.41) is 1.82. The van der Waals surface area contributed by atoms with Gasteiger partial charge < -0.3 is 4.74 Å². The Morgan fingerprint density at radius 1 is 0.867 bits per heavy atom. The number of esters is 1. The third-order valence-electron chi connectivity index (χ3n) is 5.82. The topological polar surface area (TPSA) is 55.8 Å². The van der Waals surface area contributed by atoms with Crippen LogP contribution in [0.4, 0.5) is 0 Å². The number of rotatable bonds is 6. The second kappa shape index (κ2) is 8.70. The zero-order valence-corrected chi connectivity index (χ0v) is 18.5. The van der Waals surface area contributed by atoms with E-state index in [9.17, 15) is 9.59 Å². The van der Waals surface area contributed by atoms with Gasteiger partial charge in [0.1, 0.15) is 0 Å². The Morgan fingerprint density at radius 2 is 1.40 bits per heavy atom. The van der Waals surface area contributed by atoms with E-state index in [0.29, 0.717) is 5.56 Å². The molecule has 1 saturated heterocycles. The summed E-state index contributed by atoms with van der Waals surface area (Å²) in [5.41, 5.74) is 1.88. The highest BCUT2D eigenvalue weighted by Gasteiger charge is 2.46. The molecule has 0 spiro atoms. The van der Waals surface area contributed by atoms with Crippen LogP contribution in [0.3, 0.4) is 0 Å². The zero-order chi connectivity index (χ0) is 21.9. The van der Waals surface area contributed by atoms with Crippen molar-refractivity contribution < 1.29 is 19.2 Å². The highest BCUT2D eigenvalue weighted by molar-refractivity contribution is 6.11. The Bertz CT molecular complexity index is 871. The number of hydroxylamine groups is 2. The van der Waals surface area contributed by atoms with Crippen molar-refractivity contribution in [1.29, 1.82) is 0 Å². The van der Waals surface area contributed by atoms with E-state index in [-0.39, 0.29) is 11.1 Å². The fraction of sp³-hybridized carbons (Fsp3) is 0.440. The van der Waals surface area contributed by atoms with E-state index in [1.54, 1.807) is 12.1 Å². The first-order valence-electron chi connectivity index (χ1n) is 10.4. The van der Waals surface area contributed by atoms with Gasteiger partial charge in [-0.05, 0) is 58.1 Å². The first-order chi connectivity index (χ1) is 14.2. The highest BCUT2D eigenvalue weighted by Crippen LogP contribution is 2.39. The fourth-order valence-corrected chi connectivity index (χ4v) is 4.28. The number of ether oxygens (including phenoxy) is 1.